The number of hydrogen-bond acceptors (Lipinski definition) is 2. The topological polar surface area (TPSA) is 6.48 Å². The van der Waals surface area contributed by atoms with Gasteiger partial charge in [-0.1, -0.05) is 115 Å². The van der Waals surface area contributed by atoms with Gasteiger partial charge in [-0.15, -0.1) is 0 Å². The van der Waals surface area contributed by atoms with Gasteiger partial charge in [-0.25, -0.2) is 0 Å². The Morgan fingerprint density at radius 1 is 0.500 bits per heavy atom. The number of rotatable bonds is 6. The van der Waals surface area contributed by atoms with E-state index < -0.39 is 0 Å². The Labute approximate surface area is 288 Å². The van der Waals surface area contributed by atoms with Crippen molar-refractivity contribution >= 4 is 57.2 Å². The summed E-state index contributed by atoms with van der Waals surface area (Å²) >= 11 is 0. The first-order valence-corrected chi connectivity index (χ1v) is 18.5. The highest BCUT2D eigenvalue weighted by Crippen LogP contribution is 2.47. The first-order valence-electron chi connectivity index (χ1n) is 18.5. The minimum atomic E-state index is 0.156. The molecular formula is C45H49BN2. The third-order valence-corrected chi connectivity index (χ3v) is 11.4. The van der Waals surface area contributed by atoms with E-state index >= 15 is 0 Å². The van der Waals surface area contributed by atoms with Gasteiger partial charge in [-0.2, -0.15) is 0 Å². The molecule has 48 heavy (non-hydrogen) atoms. The molecule has 3 heteroatoms. The number of hydrogen-bond donors (Lipinski definition) is 0. The van der Waals surface area contributed by atoms with Crippen LogP contribution >= 0.6 is 0 Å². The molecule has 5 aromatic carbocycles. The summed E-state index contributed by atoms with van der Waals surface area (Å²) in [5.74, 6) is 2.00. The van der Waals surface area contributed by atoms with Crippen molar-refractivity contribution in [2.24, 2.45) is 0 Å². The number of benzene rings is 5. The van der Waals surface area contributed by atoms with Crippen LogP contribution in [0.5, 0.6) is 0 Å². The van der Waals surface area contributed by atoms with Gasteiger partial charge in [0, 0.05) is 34.1 Å². The second-order valence-corrected chi connectivity index (χ2v) is 15.4. The van der Waals surface area contributed by atoms with Gasteiger partial charge in [0.2, 0.25) is 0 Å². The quantitative estimate of drug-likeness (QED) is 0.169. The first-order chi connectivity index (χ1) is 23.3. The standard InChI is InChI=1S/C45H49BN2/c1-29(2)32-17-21-38(22-18-32)48-42-24-20-35(31(5)6)26-40(42)46-39-25-34(30(3)4)19-23-41(39)47(37-15-11-8-12-16-37)43-27-36(28-44(48)45(43)46)33-13-9-7-10-14-33/h8,11-12,15-31,33H,7,9-10,13-14H2,1-6H3. The molecule has 2 aliphatic heterocycles. The highest BCUT2D eigenvalue weighted by Gasteiger charge is 2.44. The molecule has 0 amide bonds. The predicted molar refractivity (Wildman–Crippen MR) is 209 cm³/mol. The molecule has 0 radical (unpaired) electrons. The maximum atomic E-state index is 2.60. The zero-order valence-corrected chi connectivity index (χ0v) is 29.6. The molecule has 8 rings (SSSR count). The van der Waals surface area contributed by atoms with E-state index in [0.717, 1.165) is 0 Å². The lowest BCUT2D eigenvalue weighted by atomic mass is 9.33. The van der Waals surface area contributed by atoms with Crippen LogP contribution in [0.25, 0.3) is 0 Å². The van der Waals surface area contributed by atoms with Gasteiger partial charge in [0.1, 0.15) is 0 Å². The highest BCUT2D eigenvalue weighted by molar-refractivity contribution is 7.00. The van der Waals surface area contributed by atoms with Crippen LogP contribution in [-0.4, -0.2) is 6.71 Å². The van der Waals surface area contributed by atoms with Crippen molar-refractivity contribution in [2.45, 2.75) is 97.3 Å². The van der Waals surface area contributed by atoms with E-state index in [4.69, 9.17) is 0 Å². The minimum absolute atomic E-state index is 0.156. The zero-order valence-electron chi connectivity index (χ0n) is 29.6. The van der Waals surface area contributed by atoms with Crippen LogP contribution in [0.15, 0.2) is 103 Å². The summed E-state index contributed by atoms with van der Waals surface area (Å²) in [4.78, 5) is 5.18. The van der Waals surface area contributed by atoms with Crippen LogP contribution in [0.2, 0.25) is 0 Å². The van der Waals surface area contributed by atoms with Crippen molar-refractivity contribution in [1.29, 1.82) is 0 Å². The molecule has 1 fully saturated rings. The van der Waals surface area contributed by atoms with Gasteiger partial charge in [0.25, 0.3) is 6.71 Å². The summed E-state index contributed by atoms with van der Waals surface area (Å²) in [7, 11) is 0. The van der Waals surface area contributed by atoms with Gasteiger partial charge in [0.05, 0.1) is 0 Å². The van der Waals surface area contributed by atoms with E-state index in [0.29, 0.717) is 23.7 Å². The Balaban J connectivity index is 1.47. The maximum absolute atomic E-state index is 2.60. The average Bonchev–Trinajstić information content (AvgIpc) is 3.11. The normalized spacial score (nSPS) is 15.6. The van der Waals surface area contributed by atoms with E-state index in [1.165, 1.54) is 105 Å². The maximum Gasteiger partial charge on any atom is 0.252 e. The van der Waals surface area contributed by atoms with Crippen LogP contribution < -0.4 is 26.2 Å². The molecular weight excluding hydrogens is 579 g/mol. The monoisotopic (exact) mass is 628 g/mol. The van der Waals surface area contributed by atoms with Gasteiger partial charge in [-0.3, -0.25) is 0 Å². The third kappa shape index (κ3) is 5.18. The van der Waals surface area contributed by atoms with Crippen LogP contribution in [0.1, 0.15) is 120 Å². The Bertz CT molecular complexity index is 1950. The molecule has 0 saturated heterocycles. The van der Waals surface area contributed by atoms with Crippen LogP contribution in [0.3, 0.4) is 0 Å². The first kappa shape index (κ1) is 31.1. The molecule has 0 aromatic heterocycles. The van der Waals surface area contributed by atoms with Crippen molar-refractivity contribution in [3.63, 3.8) is 0 Å². The third-order valence-electron chi connectivity index (χ3n) is 11.4. The SMILES string of the molecule is CC(C)c1ccc(N2c3ccc(C(C)C)cc3B3c4cc(C(C)C)ccc4N(c4ccccc4)c4cc(C5CCCCC5)cc2c43)cc1. The van der Waals surface area contributed by atoms with Gasteiger partial charge < -0.3 is 9.80 Å². The van der Waals surface area contributed by atoms with Crippen molar-refractivity contribution in [3.05, 3.63) is 125 Å². The minimum Gasteiger partial charge on any atom is -0.311 e. The Morgan fingerprint density at radius 2 is 0.979 bits per heavy atom. The molecule has 0 spiro atoms. The molecule has 0 atom stereocenters. The summed E-state index contributed by atoms with van der Waals surface area (Å²) in [5.41, 5.74) is 17.8. The summed E-state index contributed by atoms with van der Waals surface area (Å²) in [6.07, 6.45) is 6.56. The van der Waals surface area contributed by atoms with E-state index in [-0.39, 0.29) is 6.71 Å². The number of fused-ring (bicyclic) bond motifs is 4. The molecule has 3 aliphatic rings. The van der Waals surface area contributed by atoms with Crippen molar-refractivity contribution in [2.75, 3.05) is 9.80 Å². The van der Waals surface area contributed by atoms with Crippen LogP contribution in [0, 0.1) is 0 Å². The number of nitrogens with zero attached hydrogens (tertiary/aromatic N) is 2. The Morgan fingerprint density at radius 3 is 1.48 bits per heavy atom. The molecule has 2 nitrogen and oxygen atoms in total. The fourth-order valence-electron chi connectivity index (χ4n) is 8.60. The fourth-order valence-corrected chi connectivity index (χ4v) is 8.60. The fraction of sp³-hybridized carbons (Fsp3) is 0.333. The van der Waals surface area contributed by atoms with Gasteiger partial charge in [-0.05, 0) is 124 Å². The highest BCUT2D eigenvalue weighted by atomic mass is 15.2. The largest absolute Gasteiger partial charge is 0.311 e. The molecule has 2 heterocycles. The summed E-state index contributed by atoms with van der Waals surface area (Å²) in [6, 6.07) is 40.3. The van der Waals surface area contributed by atoms with E-state index in [2.05, 4.69) is 154 Å². The lowest BCUT2D eigenvalue weighted by Gasteiger charge is -2.45. The van der Waals surface area contributed by atoms with Crippen LogP contribution in [-0.2, 0) is 0 Å². The Hall–Kier alpha value is -4.24. The zero-order chi connectivity index (χ0) is 33.1. The molecule has 1 saturated carbocycles. The van der Waals surface area contributed by atoms with E-state index in [9.17, 15) is 0 Å². The molecule has 242 valence electrons. The number of anilines is 6. The van der Waals surface area contributed by atoms with E-state index in [1.807, 2.05) is 0 Å². The lowest BCUT2D eigenvalue weighted by molar-refractivity contribution is 0.444. The van der Waals surface area contributed by atoms with Crippen molar-refractivity contribution in [3.8, 4) is 0 Å². The average molecular weight is 629 g/mol. The summed E-state index contributed by atoms with van der Waals surface area (Å²) < 4.78 is 0. The lowest BCUT2D eigenvalue weighted by Crippen LogP contribution is -2.61. The molecule has 0 bridgehead atoms. The molecule has 5 aromatic rings. The predicted octanol–water partition coefficient (Wildman–Crippen LogP) is 11.2. The molecule has 0 N–H and O–H groups in total. The smallest absolute Gasteiger partial charge is 0.252 e. The summed E-state index contributed by atoms with van der Waals surface area (Å²) in [5, 5.41) is 0. The molecule has 0 unspecified atom stereocenters. The summed E-state index contributed by atoms with van der Waals surface area (Å²) in [6.45, 7) is 14.0. The van der Waals surface area contributed by atoms with E-state index in [1.54, 1.807) is 0 Å². The Kier molecular flexibility index (Phi) is 7.98. The van der Waals surface area contributed by atoms with Crippen molar-refractivity contribution < 1.29 is 0 Å². The van der Waals surface area contributed by atoms with Crippen molar-refractivity contribution in [1.82, 2.24) is 0 Å². The second-order valence-electron chi connectivity index (χ2n) is 15.4. The van der Waals surface area contributed by atoms with Crippen LogP contribution in [0.4, 0.5) is 34.1 Å². The second kappa shape index (κ2) is 12.3. The van der Waals surface area contributed by atoms with Gasteiger partial charge in [0.15, 0.2) is 0 Å². The van der Waals surface area contributed by atoms with Gasteiger partial charge >= 0.3 is 0 Å². The number of para-hydroxylation sites is 1. The molecule has 1 aliphatic carbocycles.